The molecule has 0 amide bonds. The number of carbonyl (C=O) groups excluding carboxylic acids is 1. The van der Waals surface area contributed by atoms with E-state index in [9.17, 15) is 4.79 Å². The Bertz CT molecular complexity index is 379. The van der Waals surface area contributed by atoms with E-state index in [0.717, 1.165) is 15.9 Å². The van der Waals surface area contributed by atoms with Crippen LogP contribution in [0.3, 0.4) is 0 Å². The van der Waals surface area contributed by atoms with E-state index in [1.807, 2.05) is 24.7 Å². The van der Waals surface area contributed by atoms with Crippen LogP contribution in [0.1, 0.15) is 6.92 Å². The molecular weight excluding hydrogens is 232 g/mol. The maximum Gasteiger partial charge on any atom is 0.196 e. The summed E-state index contributed by atoms with van der Waals surface area (Å²) in [6, 6.07) is 0. The molecule has 3 nitrogen and oxygen atoms in total. The summed E-state index contributed by atoms with van der Waals surface area (Å²) < 4.78 is 2.72. The Hall–Kier alpha value is -0.900. The smallest absolute Gasteiger partial charge is 0.196 e. The van der Waals surface area contributed by atoms with Crippen LogP contribution in [0.15, 0.2) is 22.3 Å². The number of carbonyl (C=O) groups is 1. The molecule has 0 saturated heterocycles. The molecule has 13 heavy (non-hydrogen) atoms. The summed E-state index contributed by atoms with van der Waals surface area (Å²) in [4.78, 5) is 11.6. The molecule has 1 N–H and O–H groups in total. The van der Waals surface area contributed by atoms with Crippen LogP contribution >= 0.6 is 15.9 Å². The minimum atomic E-state index is -0.0914. The van der Waals surface area contributed by atoms with Crippen LogP contribution in [0.25, 0.3) is 0 Å². The number of hydrogen-bond donors (Lipinski definition) is 1. The van der Waals surface area contributed by atoms with Crippen molar-refractivity contribution in [3.8, 4) is 0 Å². The minimum absolute atomic E-state index is 0.0914. The summed E-state index contributed by atoms with van der Waals surface area (Å²) in [5.74, 6) is 0.0463. The molecule has 1 aliphatic carbocycles. The first-order chi connectivity index (χ1) is 6.09. The Morgan fingerprint density at radius 1 is 1.54 bits per heavy atom. The van der Waals surface area contributed by atoms with E-state index in [0.29, 0.717) is 0 Å². The lowest BCUT2D eigenvalue weighted by atomic mass is 9.93. The molecule has 0 aromatic heterocycles. The van der Waals surface area contributed by atoms with Crippen LogP contribution in [0.4, 0.5) is 0 Å². The third-order valence-electron chi connectivity index (χ3n) is 2.41. The number of nitrogens with zero attached hydrogens (tertiary/aromatic N) is 1. The molecule has 1 atom stereocenters. The number of hydrazone groups is 1. The summed E-state index contributed by atoms with van der Waals surface area (Å²) in [5, 5.41) is 0. The van der Waals surface area contributed by atoms with Gasteiger partial charge in [0, 0.05) is 11.4 Å². The Morgan fingerprint density at radius 3 is 2.92 bits per heavy atom. The van der Waals surface area contributed by atoms with Crippen molar-refractivity contribution < 1.29 is 9.48 Å². The van der Waals surface area contributed by atoms with Gasteiger partial charge in [-0.2, -0.15) is 5.43 Å². The van der Waals surface area contributed by atoms with Crippen LogP contribution in [0.2, 0.25) is 0 Å². The van der Waals surface area contributed by atoms with Crippen molar-refractivity contribution in [3.05, 3.63) is 22.3 Å². The molecule has 0 saturated carbocycles. The standard InChI is InChI=1S/C9H9BrN2O/c1-5-9-7(11-12(5)2)3-6(10)4-8(9)13/h3-4,9H,1-2H3/p+1. The lowest BCUT2D eigenvalue weighted by Crippen LogP contribution is -2.23. The fraction of sp³-hybridized carbons (Fsp3) is 0.333. The van der Waals surface area contributed by atoms with E-state index in [1.54, 1.807) is 6.08 Å². The predicted octanol–water partition coefficient (Wildman–Crippen LogP) is 0.969. The number of nitrogens with one attached hydrogen (secondary N) is 1. The van der Waals surface area contributed by atoms with Crippen molar-refractivity contribution in [2.24, 2.45) is 5.92 Å². The summed E-state index contributed by atoms with van der Waals surface area (Å²) in [6.07, 6.45) is 3.57. The normalized spacial score (nSPS) is 26.7. The molecule has 4 heteroatoms. The highest BCUT2D eigenvalue weighted by Crippen LogP contribution is 2.26. The Morgan fingerprint density at radius 2 is 2.23 bits per heavy atom. The largest absolute Gasteiger partial charge is 0.293 e. The first kappa shape index (κ1) is 8.69. The highest BCUT2D eigenvalue weighted by Gasteiger charge is 2.39. The second-order valence-electron chi connectivity index (χ2n) is 3.28. The number of hydrazine groups is 1. The molecule has 1 unspecified atom stereocenters. The molecule has 0 bridgehead atoms. The maximum absolute atomic E-state index is 11.6. The molecule has 2 rings (SSSR count). The summed E-state index contributed by atoms with van der Waals surface area (Å²) >= 11 is 3.30. The van der Waals surface area contributed by atoms with Gasteiger partial charge in [-0.25, -0.2) is 0 Å². The number of hydrogen-bond acceptors (Lipinski definition) is 2. The van der Waals surface area contributed by atoms with Gasteiger partial charge in [-0.3, -0.25) is 4.79 Å². The van der Waals surface area contributed by atoms with Gasteiger partial charge in [-0.15, -0.1) is 4.68 Å². The third-order valence-corrected chi connectivity index (χ3v) is 2.87. The van der Waals surface area contributed by atoms with E-state index >= 15 is 0 Å². The molecule has 68 valence electrons. The highest BCUT2D eigenvalue weighted by atomic mass is 79.9. The van der Waals surface area contributed by atoms with Crippen LogP contribution < -0.4 is 5.43 Å². The van der Waals surface area contributed by atoms with Crippen molar-refractivity contribution in [2.45, 2.75) is 6.92 Å². The zero-order valence-corrected chi connectivity index (χ0v) is 9.05. The topological polar surface area (TPSA) is 32.1 Å². The van der Waals surface area contributed by atoms with Crippen molar-refractivity contribution >= 4 is 27.4 Å². The van der Waals surface area contributed by atoms with E-state index in [2.05, 4.69) is 21.4 Å². The molecule has 0 aromatic rings. The fourth-order valence-corrected chi connectivity index (χ4v) is 2.12. The van der Waals surface area contributed by atoms with E-state index < -0.39 is 0 Å². The van der Waals surface area contributed by atoms with Gasteiger partial charge >= 0.3 is 0 Å². The summed E-state index contributed by atoms with van der Waals surface area (Å²) in [5.41, 5.74) is 5.14. The average Bonchev–Trinajstić information content (AvgIpc) is 2.27. The Balaban J connectivity index is 2.46. The van der Waals surface area contributed by atoms with Gasteiger partial charge < -0.3 is 0 Å². The van der Waals surface area contributed by atoms with E-state index in [-0.39, 0.29) is 11.7 Å². The number of rotatable bonds is 0. The van der Waals surface area contributed by atoms with Crippen molar-refractivity contribution in [1.82, 2.24) is 5.43 Å². The molecule has 0 radical (unpaired) electrons. The van der Waals surface area contributed by atoms with Crippen LogP contribution in [0, 0.1) is 5.92 Å². The predicted molar refractivity (Wildman–Crippen MR) is 53.6 cm³/mol. The average molecular weight is 242 g/mol. The van der Waals surface area contributed by atoms with Crippen LogP contribution in [0.5, 0.6) is 0 Å². The number of allylic oxidation sites excluding steroid dienone is 4. The number of ketones is 1. The third kappa shape index (κ3) is 1.25. The molecular formula is C9H10BrN2O+. The lowest BCUT2D eigenvalue weighted by Gasteiger charge is -2.08. The summed E-state index contributed by atoms with van der Waals surface area (Å²) in [6.45, 7) is 1.96. The summed E-state index contributed by atoms with van der Waals surface area (Å²) in [7, 11) is 1.91. The second-order valence-corrected chi connectivity index (χ2v) is 4.19. The molecule has 0 fully saturated rings. The molecule has 1 heterocycles. The zero-order chi connectivity index (χ0) is 9.59. The second kappa shape index (κ2) is 2.80. The molecule has 1 aliphatic heterocycles. The maximum atomic E-state index is 11.6. The van der Waals surface area contributed by atoms with Crippen molar-refractivity contribution in [3.63, 3.8) is 0 Å². The SMILES string of the molecule is CC1=[N+](C)NC2=CC(Br)=CC(=O)C21. The van der Waals surface area contributed by atoms with Gasteiger partial charge in [0.1, 0.15) is 5.92 Å². The highest BCUT2D eigenvalue weighted by molar-refractivity contribution is 9.11. The first-order valence-corrected chi connectivity index (χ1v) is 4.85. The van der Waals surface area contributed by atoms with Crippen LogP contribution in [-0.4, -0.2) is 23.2 Å². The van der Waals surface area contributed by atoms with Gasteiger partial charge in [0.2, 0.25) is 0 Å². The van der Waals surface area contributed by atoms with Crippen LogP contribution in [-0.2, 0) is 4.79 Å². The lowest BCUT2D eigenvalue weighted by molar-refractivity contribution is -0.544. The van der Waals surface area contributed by atoms with Crippen molar-refractivity contribution in [2.75, 3.05) is 7.05 Å². The Kier molecular flexibility index (Phi) is 1.87. The monoisotopic (exact) mass is 241 g/mol. The van der Waals surface area contributed by atoms with E-state index in [1.165, 1.54) is 0 Å². The fourth-order valence-electron chi connectivity index (χ4n) is 1.65. The molecule has 0 aromatic carbocycles. The van der Waals surface area contributed by atoms with Gasteiger partial charge in [0.15, 0.2) is 18.5 Å². The number of fused-ring (bicyclic) bond motifs is 1. The zero-order valence-electron chi connectivity index (χ0n) is 7.47. The molecule has 0 spiro atoms. The molecule has 2 aliphatic rings. The first-order valence-electron chi connectivity index (χ1n) is 4.06. The van der Waals surface area contributed by atoms with Gasteiger partial charge in [-0.05, 0) is 12.2 Å². The minimum Gasteiger partial charge on any atom is -0.293 e. The van der Waals surface area contributed by atoms with Gasteiger partial charge in [-0.1, -0.05) is 15.9 Å². The van der Waals surface area contributed by atoms with Gasteiger partial charge in [0.25, 0.3) is 0 Å². The van der Waals surface area contributed by atoms with E-state index in [4.69, 9.17) is 0 Å². The van der Waals surface area contributed by atoms with Crippen molar-refractivity contribution in [1.29, 1.82) is 0 Å². The Labute approximate surface area is 84.9 Å². The number of halogens is 1. The van der Waals surface area contributed by atoms with Gasteiger partial charge in [0.05, 0.1) is 5.70 Å². The quantitative estimate of drug-likeness (QED) is 0.642.